The molecule has 0 spiro atoms. The first-order valence-corrected chi connectivity index (χ1v) is 5.98. The van der Waals surface area contributed by atoms with Gasteiger partial charge in [0.15, 0.2) is 0 Å². The van der Waals surface area contributed by atoms with E-state index in [4.69, 9.17) is 0 Å². The molecule has 1 aliphatic carbocycles. The molecule has 0 N–H and O–H groups in total. The smallest absolute Gasteiger partial charge is 0.0509 e. The first-order chi connectivity index (χ1) is 7.15. The summed E-state index contributed by atoms with van der Waals surface area (Å²) in [7, 11) is 1.59. The third-order valence-corrected chi connectivity index (χ3v) is 3.61. The predicted octanol–water partition coefficient (Wildman–Crippen LogP) is 3.82. The van der Waals surface area contributed by atoms with E-state index in [0.717, 1.165) is 24.2 Å². The minimum atomic E-state index is 0. The minimum Gasteiger partial charge on any atom is -0.656 e. The summed E-state index contributed by atoms with van der Waals surface area (Å²) in [5, 5.41) is 3.65. The van der Waals surface area contributed by atoms with Crippen LogP contribution in [0.15, 0.2) is 0 Å². The zero-order valence-corrected chi connectivity index (χ0v) is 14.0. The maximum absolute atomic E-state index is 11.0. The molecule has 1 saturated carbocycles. The molecule has 0 aromatic heterocycles. The molecule has 1 aliphatic rings. The molecular weight excluding hydrogens is 275 g/mol. The summed E-state index contributed by atoms with van der Waals surface area (Å²) in [5.74, 6) is 2.47. The summed E-state index contributed by atoms with van der Waals surface area (Å²) in [6, 6.07) is 0. The largest absolute Gasteiger partial charge is 0.656 e. The molecule has 0 aromatic carbocycles. The standard InChI is InChI=1S/C11H21NO.C2H5.Y/c1-8-4-5-10(9(8)2)6-7-11(13)12-3;1-2;/h8-10H,4-7H2,1-3H3,(H,12,13);1H2,2H3;/q;-1;/p-1/t8-,9-,10-;;/m1../s1. The number of nitrogens with zero attached hydrogens (tertiary/aromatic N) is 1. The van der Waals surface area contributed by atoms with Gasteiger partial charge in [-0.3, -0.25) is 0 Å². The van der Waals surface area contributed by atoms with Gasteiger partial charge in [0.05, 0.1) is 5.91 Å². The SMILES string of the molecule is C[N-]C(=O)CC[C@H]1CC[C@@H](C)[C@H]1C.[CH2-]C.[Y]. The van der Waals surface area contributed by atoms with Crippen molar-refractivity contribution in [2.24, 2.45) is 17.8 Å². The molecule has 3 heteroatoms. The Labute approximate surface area is 126 Å². The molecule has 0 bridgehead atoms. The normalized spacial score (nSPS) is 27.4. The van der Waals surface area contributed by atoms with Gasteiger partial charge in [-0.05, 0) is 37.0 Å². The van der Waals surface area contributed by atoms with E-state index in [1.54, 1.807) is 14.0 Å². The van der Waals surface area contributed by atoms with Gasteiger partial charge >= 0.3 is 0 Å². The summed E-state index contributed by atoms with van der Waals surface area (Å²) in [6.45, 7) is 9.63. The van der Waals surface area contributed by atoms with E-state index >= 15 is 0 Å². The van der Waals surface area contributed by atoms with Crippen molar-refractivity contribution in [1.82, 2.24) is 0 Å². The van der Waals surface area contributed by atoms with Crippen molar-refractivity contribution in [1.29, 1.82) is 0 Å². The molecule has 0 aliphatic heterocycles. The van der Waals surface area contributed by atoms with Crippen LogP contribution in [-0.2, 0) is 37.5 Å². The van der Waals surface area contributed by atoms with Gasteiger partial charge in [0.2, 0.25) is 0 Å². The van der Waals surface area contributed by atoms with E-state index in [9.17, 15) is 4.79 Å². The van der Waals surface area contributed by atoms with E-state index in [1.807, 2.05) is 0 Å². The van der Waals surface area contributed by atoms with Crippen molar-refractivity contribution in [2.45, 2.75) is 46.5 Å². The minimum absolute atomic E-state index is 0. The number of hydrogen-bond donors (Lipinski definition) is 0. The van der Waals surface area contributed by atoms with E-state index in [1.165, 1.54) is 12.8 Å². The van der Waals surface area contributed by atoms with Gasteiger partial charge in [-0.1, -0.05) is 20.3 Å². The van der Waals surface area contributed by atoms with Crippen molar-refractivity contribution in [3.05, 3.63) is 12.2 Å². The van der Waals surface area contributed by atoms with Crippen molar-refractivity contribution in [3.63, 3.8) is 0 Å². The second-order valence-corrected chi connectivity index (χ2v) is 4.33. The molecule has 1 radical (unpaired) electrons. The van der Waals surface area contributed by atoms with Crippen LogP contribution in [0.4, 0.5) is 0 Å². The fraction of sp³-hybridized carbons (Fsp3) is 0.846. The van der Waals surface area contributed by atoms with E-state index in [2.05, 4.69) is 26.1 Å². The molecule has 0 unspecified atom stereocenters. The second kappa shape index (κ2) is 10.7. The number of amides is 1. The van der Waals surface area contributed by atoms with Crippen LogP contribution in [0.2, 0.25) is 0 Å². The van der Waals surface area contributed by atoms with Crippen molar-refractivity contribution in [2.75, 3.05) is 7.05 Å². The van der Waals surface area contributed by atoms with Crippen LogP contribution < -0.4 is 0 Å². The summed E-state index contributed by atoms with van der Waals surface area (Å²) in [6.07, 6.45) is 4.34. The Bertz CT molecular complexity index is 185. The first-order valence-electron chi connectivity index (χ1n) is 5.98. The van der Waals surface area contributed by atoms with Gasteiger partial charge < -0.3 is 17.0 Å². The average molecular weight is 300 g/mol. The third kappa shape index (κ3) is 6.34. The fourth-order valence-corrected chi connectivity index (χ4v) is 2.30. The van der Waals surface area contributed by atoms with Crippen LogP contribution in [0, 0.1) is 24.7 Å². The Hall–Kier alpha value is 0.574. The van der Waals surface area contributed by atoms with E-state index in [-0.39, 0.29) is 38.6 Å². The van der Waals surface area contributed by atoms with Crippen molar-refractivity contribution < 1.29 is 37.5 Å². The summed E-state index contributed by atoms with van der Waals surface area (Å²) in [5.41, 5.74) is 0. The zero-order valence-electron chi connectivity index (χ0n) is 11.2. The first kappa shape index (κ1) is 18.9. The Morgan fingerprint density at radius 2 is 1.88 bits per heavy atom. The monoisotopic (exact) mass is 300 g/mol. The summed E-state index contributed by atoms with van der Waals surface area (Å²) in [4.78, 5) is 11.0. The molecule has 0 saturated heterocycles. The van der Waals surface area contributed by atoms with Gasteiger partial charge in [-0.15, -0.1) is 7.05 Å². The van der Waals surface area contributed by atoms with Crippen molar-refractivity contribution >= 4 is 5.91 Å². The van der Waals surface area contributed by atoms with Gasteiger partial charge in [0.1, 0.15) is 0 Å². The molecule has 0 heterocycles. The molecule has 3 atom stereocenters. The molecule has 2 nitrogen and oxygen atoms in total. The van der Waals surface area contributed by atoms with Crippen LogP contribution in [0.3, 0.4) is 0 Å². The third-order valence-electron chi connectivity index (χ3n) is 3.61. The van der Waals surface area contributed by atoms with Crippen LogP contribution in [0.25, 0.3) is 5.32 Å². The second-order valence-electron chi connectivity index (χ2n) is 4.33. The summed E-state index contributed by atoms with van der Waals surface area (Å²) < 4.78 is 0. The Kier molecular flexibility index (Phi) is 12.7. The van der Waals surface area contributed by atoms with Gasteiger partial charge in [-0.2, -0.15) is 6.92 Å². The molecule has 0 aromatic rings. The molecule has 93 valence electrons. The van der Waals surface area contributed by atoms with E-state index in [0.29, 0.717) is 6.42 Å². The number of carbonyl (C=O) groups is 1. The topological polar surface area (TPSA) is 31.2 Å². The average Bonchev–Trinajstić information content (AvgIpc) is 2.59. The predicted molar refractivity (Wildman–Crippen MR) is 65.6 cm³/mol. The molecule has 1 rings (SSSR count). The number of rotatable bonds is 3. The van der Waals surface area contributed by atoms with Crippen LogP contribution in [0.5, 0.6) is 0 Å². The Morgan fingerprint density at radius 1 is 1.31 bits per heavy atom. The molecule has 16 heavy (non-hydrogen) atoms. The molecular formula is C13H25NOY-2. The summed E-state index contributed by atoms with van der Waals surface area (Å²) >= 11 is 0. The quantitative estimate of drug-likeness (QED) is 0.729. The van der Waals surface area contributed by atoms with Crippen LogP contribution >= 0.6 is 0 Å². The van der Waals surface area contributed by atoms with Gasteiger partial charge in [0.25, 0.3) is 0 Å². The maximum atomic E-state index is 11.0. The fourth-order valence-electron chi connectivity index (χ4n) is 2.30. The van der Waals surface area contributed by atoms with Crippen LogP contribution in [-0.4, -0.2) is 13.0 Å². The Balaban J connectivity index is 0. The molecule has 1 amide bonds. The van der Waals surface area contributed by atoms with Crippen LogP contribution in [0.1, 0.15) is 46.5 Å². The number of hydrogen-bond acceptors (Lipinski definition) is 1. The Morgan fingerprint density at radius 3 is 2.25 bits per heavy atom. The van der Waals surface area contributed by atoms with Crippen molar-refractivity contribution in [3.8, 4) is 0 Å². The zero-order chi connectivity index (χ0) is 11.8. The van der Waals surface area contributed by atoms with E-state index < -0.39 is 0 Å². The van der Waals surface area contributed by atoms with Gasteiger partial charge in [-0.25, -0.2) is 0 Å². The van der Waals surface area contributed by atoms with Gasteiger partial charge in [0, 0.05) is 32.7 Å². The molecule has 1 fully saturated rings. The number of carbonyl (C=O) groups excluding carboxylic acids is 1. The maximum Gasteiger partial charge on any atom is 0.0509 e.